The molecule has 0 radical (unpaired) electrons. The van der Waals surface area contributed by atoms with Crippen molar-refractivity contribution in [3.05, 3.63) is 66.2 Å². The van der Waals surface area contributed by atoms with Gasteiger partial charge >= 0.3 is 0 Å². The highest BCUT2D eigenvalue weighted by Crippen LogP contribution is 2.29. The Morgan fingerprint density at radius 2 is 1.45 bits per heavy atom. The predicted molar refractivity (Wildman–Crippen MR) is 95.0 cm³/mol. The molecule has 20 heavy (non-hydrogen) atoms. The van der Waals surface area contributed by atoms with Gasteiger partial charge in [-0.2, -0.15) is 0 Å². The van der Waals surface area contributed by atoms with Crippen molar-refractivity contribution in [1.29, 1.82) is 0 Å². The van der Waals surface area contributed by atoms with Crippen LogP contribution in [0.25, 0.3) is 0 Å². The number of rotatable bonds is 8. The molecule has 2 aromatic rings. The minimum atomic E-state index is 0. The fourth-order valence-electron chi connectivity index (χ4n) is 1.70. The van der Waals surface area contributed by atoms with Crippen molar-refractivity contribution in [2.24, 2.45) is 0 Å². The Balaban J connectivity index is 0.00000200. The van der Waals surface area contributed by atoms with E-state index in [1.165, 1.54) is 10.5 Å². The second-order valence-electron chi connectivity index (χ2n) is 4.20. The van der Waals surface area contributed by atoms with Gasteiger partial charge < -0.3 is 5.32 Å². The number of hydrogen-bond acceptors (Lipinski definition) is 3. The average Bonchev–Trinajstić information content (AvgIpc) is 2.48. The van der Waals surface area contributed by atoms with Crippen LogP contribution in [0.15, 0.2) is 65.6 Å². The zero-order chi connectivity index (χ0) is 13.2. The standard InChI is InChI=1S/C16H19NS2.ClH/c1-3-7-15(8-4-1)11-12-17-13-14-18-19-16-9-5-2-6-10-16;/h1-10,17H,11-14H2;1H. The smallest absolute Gasteiger partial charge is 0.0182 e. The third-order valence-electron chi connectivity index (χ3n) is 2.69. The first kappa shape index (κ1) is 17.4. The van der Waals surface area contributed by atoms with Crippen molar-refractivity contribution in [1.82, 2.24) is 5.32 Å². The Morgan fingerprint density at radius 3 is 2.15 bits per heavy atom. The fraction of sp³-hybridized carbons (Fsp3) is 0.250. The molecule has 0 atom stereocenters. The molecule has 4 heteroatoms. The number of halogens is 1. The molecular weight excluding hydrogens is 306 g/mol. The van der Waals surface area contributed by atoms with Gasteiger partial charge in [-0.15, -0.1) is 12.4 Å². The second kappa shape index (κ2) is 11.1. The normalized spacial score (nSPS) is 10.0. The fourth-order valence-corrected chi connectivity index (χ4v) is 3.66. The summed E-state index contributed by atoms with van der Waals surface area (Å²) in [5.41, 5.74) is 1.40. The molecule has 0 fully saturated rings. The lowest BCUT2D eigenvalue weighted by molar-refractivity contribution is 0.722. The van der Waals surface area contributed by atoms with Gasteiger partial charge in [-0.05, 0) is 30.7 Å². The Bertz CT molecular complexity index is 407. The van der Waals surface area contributed by atoms with Crippen LogP contribution in [0.5, 0.6) is 0 Å². The van der Waals surface area contributed by atoms with Crippen molar-refractivity contribution < 1.29 is 0 Å². The largest absolute Gasteiger partial charge is 0.316 e. The molecule has 2 aromatic carbocycles. The third-order valence-corrected chi connectivity index (χ3v) is 5.08. The van der Waals surface area contributed by atoms with E-state index in [1.54, 1.807) is 0 Å². The van der Waals surface area contributed by atoms with E-state index in [1.807, 2.05) is 21.6 Å². The quantitative estimate of drug-likeness (QED) is 0.559. The molecule has 0 bridgehead atoms. The Kier molecular flexibility index (Phi) is 9.67. The van der Waals surface area contributed by atoms with Gasteiger partial charge in [-0.25, -0.2) is 0 Å². The summed E-state index contributed by atoms with van der Waals surface area (Å²) in [5.74, 6) is 1.13. The Labute approximate surface area is 135 Å². The zero-order valence-corrected chi connectivity index (χ0v) is 13.8. The summed E-state index contributed by atoms with van der Waals surface area (Å²) in [5, 5.41) is 3.49. The summed E-state index contributed by atoms with van der Waals surface area (Å²) >= 11 is 0. The summed E-state index contributed by atoms with van der Waals surface area (Å²) in [6.07, 6.45) is 1.11. The minimum absolute atomic E-state index is 0. The minimum Gasteiger partial charge on any atom is -0.316 e. The number of benzene rings is 2. The molecule has 0 unspecified atom stereocenters. The molecular formula is C16H20ClNS2. The lowest BCUT2D eigenvalue weighted by atomic mass is 10.1. The van der Waals surface area contributed by atoms with Gasteiger partial charge in [-0.3, -0.25) is 0 Å². The molecule has 0 saturated carbocycles. The van der Waals surface area contributed by atoms with Crippen LogP contribution < -0.4 is 5.32 Å². The molecule has 1 N–H and O–H groups in total. The first-order chi connectivity index (χ1) is 9.45. The summed E-state index contributed by atoms with van der Waals surface area (Å²) in [4.78, 5) is 1.33. The van der Waals surface area contributed by atoms with Crippen molar-refractivity contribution in [2.45, 2.75) is 11.3 Å². The van der Waals surface area contributed by atoms with E-state index in [0.717, 1.165) is 25.3 Å². The second-order valence-corrected chi connectivity index (χ2v) is 6.69. The lowest BCUT2D eigenvalue weighted by Gasteiger charge is -2.04. The first-order valence-electron chi connectivity index (χ1n) is 6.54. The van der Waals surface area contributed by atoms with E-state index in [4.69, 9.17) is 0 Å². The van der Waals surface area contributed by atoms with Gasteiger partial charge in [0.15, 0.2) is 0 Å². The van der Waals surface area contributed by atoms with Crippen LogP contribution in [0.3, 0.4) is 0 Å². The maximum atomic E-state index is 3.49. The molecule has 0 saturated heterocycles. The first-order valence-corrected chi connectivity index (χ1v) is 8.86. The van der Waals surface area contributed by atoms with Gasteiger partial charge in [0.1, 0.15) is 0 Å². The van der Waals surface area contributed by atoms with Crippen molar-refractivity contribution >= 4 is 34.0 Å². The van der Waals surface area contributed by atoms with Gasteiger partial charge in [0.25, 0.3) is 0 Å². The van der Waals surface area contributed by atoms with Gasteiger partial charge in [-0.1, -0.05) is 70.1 Å². The molecule has 0 heterocycles. The van der Waals surface area contributed by atoms with Crippen molar-refractivity contribution in [2.75, 3.05) is 18.8 Å². The predicted octanol–water partition coefficient (Wildman–Crippen LogP) is 4.68. The summed E-state index contributed by atoms with van der Waals surface area (Å²) in [6, 6.07) is 21.2. The van der Waals surface area contributed by atoms with E-state index in [-0.39, 0.29) is 12.4 Å². The lowest BCUT2D eigenvalue weighted by Crippen LogP contribution is -2.19. The molecule has 108 valence electrons. The monoisotopic (exact) mass is 325 g/mol. The Morgan fingerprint density at radius 1 is 0.800 bits per heavy atom. The highest BCUT2D eigenvalue weighted by Gasteiger charge is 1.94. The van der Waals surface area contributed by atoms with Gasteiger partial charge in [0.05, 0.1) is 0 Å². The van der Waals surface area contributed by atoms with Crippen LogP contribution in [0.2, 0.25) is 0 Å². The Hall–Kier alpha value is -0.610. The highest BCUT2D eigenvalue weighted by molar-refractivity contribution is 8.76. The summed E-state index contributed by atoms with van der Waals surface area (Å²) in [6.45, 7) is 2.12. The highest BCUT2D eigenvalue weighted by atomic mass is 35.5. The molecule has 0 aliphatic heterocycles. The van der Waals surface area contributed by atoms with E-state index < -0.39 is 0 Å². The van der Waals surface area contributed by atoms with Crippen LogP contribution in [0.4, 0.5) is 0 Å². The maximum absolute atomic E-state index is 3.49. The summed E-state index contributed by atoms with van der Waals surface area (Å²) in [7, 11) is 3.76. The van der Waals surface area contributed by atoms with E-state index in [0.29, 0.717) is 0 Å². The number of hydrogen-bond donors (Lipinski definition) is 1. The van der Waals surface area contributed by atoms with Crippen molar-refractivity contribution in [3.63, 3.8) is 0 Å². The van der Waals surface area contributed by atoms with E-state index in [9.17, 15) is 0 Å². The van der Waals surface area contributed by atoms with E-state index >= 15 is 0 Å². The molecule has 0 aromatic heterocycles. The molecule has 0 amide bonds. The molecule has 0 aliphatic carbocycles. The van der Waals surface area contributed by atoms with Gasteiger partial charge in [0.2, 0.25) is 0 Å². The van der Waals surface area contributed by atoms with Crippen LogP contribution in [0.1, 0.15) is 5.56 Å². The summed E-state index contributed by atoms with van der Waals surface area (Å²) < 4.78 is 0. The number of nitrogens with one attached hydrogen (secondary N) is 1. The van der Waals surface area contributed by atoms with Crippen LogP contribution in [-0.4, -0.2) is 18.8 Å². The molecule has 0 spiro atoms. The SMILES string of the molecule is Cl.c1ccc(CCNCCSSc2ccccc2)cc1. The maximum Gasteiger partial charge on any atom is 0.0182 e. The topological polar surface area (TPSA) is 12.0 Å². The molecule has 2 rings (SSSR count). The average molecular weight is 326 g/mol. The molecule has 1 nitrogen and oxygen atoms in total. The van der Waals surface area contributed by atoms with Crippen LogP contribution >= 0.6 is 34.0 Å². The van der Waals surface area contributed by atoms with Crippen LogP contribution in [-0.2, 0) is 6.42 Å². The zero-order valence-electron chi connectivity index (χ0n) is 11.3. The van der Waals surface area contributed by atoms with Crippen LogP contribution in [0, 0.1) is 0 Å². The third kappa shape index (κ3) is 7.25. The van der Waals surface area contributed by atoms with Crippen molar-refractivity contribution in [3.8, 4) is 0 Å². The van der Waals surface area contributed by atoms with Gasteiger partial charge in [0, 0.05) is 17.2 Å². The molecule has 0 aliphatic rings. The van der Waals surface area contributed by atoms with E-state index in [2.05, 4.69) is 66.0 Å².